The normalized spacial score (nSPS) is 13.4. The summed E-state index contributed by atoms with van der Waals surface area (Å²) < 4.78 is 5.06. The Hall–Kier alpha value is -1.39. The molecule has 1 aromatic carbocycles. The van der Waals surface area contributed by atoms with Gasteiger partial charge in [0.2, 0.25) is 0 Å². The van der Waals surface area contributed by atoms with Crippen LogP contribution in [0.4, 0.5) is 0 Å². The van der Waals surface area contributed by atoms with Crippen molar-refractivity contribution in [1.82, 2.24) is 0 Å². The van der Waals surface area contributed by atoms with E-state index >= 15 is 0 Å². The van der Waals surface area contributed by atoms with E-state index in [-0.39, 0.29) is 0 Å². The lowest BCUT2D eigenvalue weighted by atomic mass is 9.77. The standard InChI is InChI=1S/C13H19NO3/c1-13(2,11(14)12(15)16)10-6-4-5-9(7-10)8-17-3/h4-7,11H,8,14H2,1-3H3,(H,15,16). The zero-order valence-corrected chi connectivity index (χ0v) is 10.4. The summed E-state index contributed by atoms with van der Waals surface area (Å²) in [5, 5.41) is 9.00. The maximum absolute atomic E-state index is 11.0. The first-order valence-electron chi connectivity index (χ1n) is 5.46. The summed E-state index contributed by atoms with van der Waals surface area (Å²) in [5.74, 6) is -0.993. The van der Waals surface area contributed by atoms with Crippen molar-refractivity contribution >= 4 is 5.97 Å². The minimum absolute atomic E-state index is 0.506. The SMILES string of the molecule is COCc1cccc(C(C)(C)C(N)C(=O)O)c1. The molecule has 4 nitrogen and oxygen atoms in total. The molecule has 17 heavy (non-hydrogen) atoms. The third kappa shape index (κ3) is 3.05. The Morgan fingerprint density at radius 2 is 2.18 bits per heavy atom. The van der Waals surface area contributed by atoms with Crippen LogP contribution >= 0.6 is 0 Å². The number of methoxy groups -OCH3 is 1. The highest BCUT2D eigenvalue weighted by Crippen LogP contribution is 2.27. The summed E-state index contributed by atoms with van der Waals surface area (Å²) >= 11 is 0. The lowest BCUT2D eigenvalue weighted by Gasteiger charge is -2.29. The number of hydrogen-bond acceptors (Lipinski definition) is 3. The molecule has 0 aliphatic carbocycles. The monoisotopic (exact) mass is 237 g/mol. The molecule has 0 aliphatic heterocycles. The van der Waals surface area contributed by atoms with E-state index in [2.05, 4.69) is 0 Å². The van der Waals surface area contributed by atoms with E-state index in [1.54, 1.807) is 7.11 Å². The Morgan fingerprint density at radius 3 is 2.71 bits per heavy atom. The third-order valence-corrected chi connectivity index (χ3v) is 3.03. The maximum atomic E-state index is 11.0. The van der Waals surface area contributed by atoms with E-state index in [0.29, 0.717) is 6.61 Å². The second-order valence-corrected chi connectivity index (χ2v) is 4.67. The molecule has 1 aromatic rings. The number of nitrogens with two attached hydrogens (primary N) is 1. The number of carbonyl (C=O) groups is 1. The molecule has 0 amide bonds. The molecule has 0 fully saturated rings. The van der Waals surface area contributed by atoms with Crippen LogP contribution < -0.4 is 5.73 Å². The lowest BCUT2D eigenvalue weighted by molar-refractivity contribution is -0.140. The molecule has 0 spiro atoms. The summed E-state index contributed by atoms with van der Waals surface area (Å²) in [4.78, 5) is 11.0. The largest absolute Gasteiger partial charge is 0.480 e. The zero-order chi connectivity index (χ0) is 13.1. The van der Waals surface area contributed by atoms with Gasteiger partial charge in [0.25, 0.3) is 0 Å². The molecular weight excluding hydrogens is 218 g/mol. The molecule has 0 heterocycles. The van der Waals surface area contributed by atoms with Gasteiger partial charge in [-0.15, -0.1) is 0 Å². The van der Waals surface area contributed by atoms with Gasteiger partial charge in [-0.25, -0.2) is 0 Å². The molecule has 0 radical (unpaired) electrons. The first kappa shape index (κ1) is 13.7. The predicted octanol–water partition coefficient (Wildman–Crippen LogP) is 1.52. The number of rotatable bonds is 5. The van der Waals surface area contributed by atoms with Crippen molar-refractivity contribution in [3.8, 4) is 0 Å². The summed E-state index contributed by atoms with van der Waals surface area (Å²) in [6.45, 7) is 4.17. The van der Waals surface area contributed by atoms with Crippen molar-refractivity contribution in [2.24, 2.45) is 5.73 Å². The van der Waals surface area contributed by atoms with Crippen LogP contribution in [0.5, 0.6) is 0 Å². The fourth-order valence-electron chi connectivity index (χ4n) is 1.72. The van der Waals surface area contributed by atoms with Crippen molar-refractivity contribution in [3.05, 3.63) is 35.4 Å². The van der Waals surface area contributed by atoms with Crippen LogP contribution in [0.1, 0.15) is 25.0 Å². The molecule has 3 N–H and O–H groups in total. The smallest absolute Gasteiger partial charge is 0.321 e. The van der Waals surface area contributed by atoms with E-state index in [4.69, 9.17) is 15.6 Å². The van der Waals surface area contributed by atoms with Gasteiger partial charge in [-0.3, -0.25) is 4.79 Å². The lowest BCUT2D eigenvalue weighted by Crippen LogP contribution is -2.46. The van der Waals surface area contributed by atoms with Gasteiger partial charge in [0.15, 0.2) is 0 Å². The number of carboxylic acid groups (broad SMARTS) is 1. The summed E-state index contributed by atoms with van der Waals surface area (Å²) in [5.41, 5.74) is 7.02. The first-order chi connectivity index (χ1) is 7.89. The van der Waals surface area contributed by atoms with Crippen molar-refractivity contribution in [3.63, 3.8) is 0 Å². The molecule has 0 saturated carbocycles. The minimum atomic E-state index is -0.993. The van der Waals surface area contributed by atoms with Gasteiger partial charge in [-0.2, -0.15) is 0 Å². The Kier molecular flexibility index (Phi) is 4.26. The van der Waals surface area contributed by atoms with E-state index in [9.17, 15) is 4.79 Å². The first-order valence-corrected chi connectivity index (χ1v) is 5.46. The topological polar surface area (TPSA) is 72.5 Å². The predicted molar refractivity (Wildman–Crippen MR) is 65.8 cm³/mol. The van der Waals surface area contributed by atoms with Crippen molar-refractivity contribution in [2.75, 3.05) is 7.11 Å². The van der Waals surface area contributed by atoms with Gasteiger partial charge in [0, 0.05) is 12.5 Å². The van der Waals surface area contributed by atoms with Gasteiger partial charge < -0.3 is 15.6 Å². The Balaban J connectivity index is 3.05. The third-order valence-electron chi connectivity index (χ3n) is 3.03. The summed E-state index contributed by atoms with van der Waals surface area (Å²) in [6, 6.07) is 6.73. The average Bonchev–Trinajstić information content (AvgIpc) is 2.28. The number of aliphatic carboxylic acids is 1. The van der Waals surface area contributed by atoms with Crippen LogP contribution in [0.15, 0.2) is 24.3 Å². The highest BCUT2D eigenvalue weighted by molar-refractivity contribution is 5.75. The molecule has 0 aliphatic rings. The Morgan fingerprint density at radius 1 is 1.53 bits per heavy atom. The van der Waals surface area contributed by atoms with Crippen LogP contribution in [-0.2, 0) is 21.6 Å². The zero-order valence-electron chi connectivity index (χ0n) is 10.4. The van der Waals surface area contributed by atoms with Gasteiger partial charge >= 0.3 is 5.97 Å². The molecule has 1 atom stereocenters. The van der Waals surface area contributed by atoms with E-state index in [1.807, 2.05) is 38.1 Å². The van der Waals surface area contributed by atoms with Crippen molar-refractivity contribution in [1.29, 1.82) is 0 Å². The van der Waals surface area contributed by atoms with Gasteiger partial charge in [-0.05, 0) is 11.1 Å². The van der Waals surface area contributed by atoms with E-state index in [1.165, 1.54) is 0 Å². The van der Waals surface area contributed by atoms with Crippen molar-refractivity contribution in [2.45, 2.75) is 31.9 Å². The van der Waals surface area contributed by atoms with Gasteiger partial charge in [0.1, 0.15) is 6.04 Å². The second-order valence-electron chi connectivity index (χ2n) is 4.67. The summed E-state index contributed by atoms with van der Waals surface area (Å²) in [7, 11) is 1.63. The number of ether oxygens (including phenoxy) is 1. The summed E-state index contributed by atoms with van der Waals surface area (Å²) in [6.07, 6.45) is 0. The van der Waals surface area contributed by atoms with Crippen LogP contribution in [0.25, 0.3) is 0 Å². The Labute approximate surface area is 101 Å². The molecule has 94 valence electrons. The molecular formula is C13H19NO3. The molecule has 1 unspecified atom stereocenters. The van der Waals surface area contributed by atoms with Crippen molar-refractivity contribution < 1.29 is 14.6 Å². The highest BCUT2D eigenvalue weighted by Gasteiger charge is 2.33. The van der Waals surface area contributed by atoms with Gasteiger partial charge in [-0.1, -0.05) is 38.1 Å². The second kappa shape index (κ2) is 5.29. The van der Waals surface area contributed by atoms with Gasteiger partial charge in [0.05, 0.1) is 6.61 Å². The molecule has 0 saturated heterocycles. The molecule has 0 aromatic heterocycles. The highest BCUT2D eigenvalue weighted by atomic mass is 16.5. The van der Waals surface area contributed by atoms with Crippen LogP contribution in [-0.4, -0.2) is 24.2 Å². The Bertz CT molecular complexity index is 401. The average molecular weight is 237 g/mol. The molecule has 0 bridgehead atoms. The van der Waals surface area contributed by atoms with Crippen LogP contribution in [0, 0.1) is 0 Å². The molecule has 4 heteroatoms. The van der Waals surface area contributed by atoms with E-state index in [0.717, 1.165) is 11.1 Å². The fourth-order valence-corrected chi connectivity index (χ4v) is 1.72. The quantitative estimate of drug-likeness (QED) is 0.814. The number of hydrogen-bond donors (Lipinski definition) is 2. The number of benzene rings is 1. The maximum Gasteiger partial charge on any atom is 0.321 e. The minimum Gasteiger partial charge on any atom is -0.480 e. The molecule has 1 rings (SSSR count). The van der Waals surface area contributed by atoms with Crippen LogP contribution in [0.2, 0.25) is 0 Å². The fraction of sp³-hybridized carbons (Fsp3) is 0.462. The van der Waals surface area contributed by atoms with E-state index < -0.39 is 17.4 Å². The number of carboxylic acids is 1. The van der Waals surface area contributed by atoms with Crippen LogP contribution in [0.3, 0.4) is 0 Å².